The zero-order valence-electron chi connectivity index (χ0n) is 9.59. The summed E-state index contributed by atoms with van der Waals surface area (Å²) >= 11 is 0. The Morgan fingerprint density at radius 1 is 1.00 bits per heavy atom. The summed E-state index contributed by atoms with van der Waals surface area (Å²) in [5, 5.41) is 0. The van der Waals surface area contributed by atoms with E-state index >= 15 is 0 Å². The minimum atomic E-state index is -3.93. The second-order valence-electron chi connectivity index (χ2n) is 3.13. The van der Waals surface area contributed by atoms with Gasteiger partial charge in [-0.3, -0.25) is 9.05 Å². The Balaban J connectivity index is 4.18. The standard InChI is InChI=1S/C8H19O6PS/c1-3-5-7-12-15(9,14-16(10)11)13-8-6-4-2/h16H,3-8H2,1-2H3. The minimum Gasteiger partial charge on any atom is -0.286 e. The zero-order valence-corrected chi connectivity index (χ0v) is 11.4. The second-order valence-corrected chi connectivity index (χ2v) is 5.64. The van der Waals surface area contributed by atoms with Gasteiger partial charge in [-0.1, -0.05) is 26.7 Å². The molecule has 0 heterocycles. The van der Waals surface area contributed by atoms with Gasteiger partial charge in [-0.25, -0.2) is 13.0 Å². The van der Waals surface area contributed by atoms with E-state index in [4.69, 9.17) is 9.05 Å². The molecular formula is C8H19O6PS. The maximum Gasteiger partial charge on any atom is 0.489 e. The highest BCUT2D eigenvalue weighted by atomic mass is 32.2. The first-order valence-corrected chi connectivity index (χ1v) is 7.83. The fourth-order valence-corrected chi connectivity index (χ4v) is 2.62. The highest BCUT2D eigenvalue weighted by molar-refractivity contribution is 7.74. The number of rotatable bonds is 10. The van der Waals surface area contributed by atoms with Crippen LogP contribution in [0.1, 0.15) is 39.5 Å². The molecule has 0 aromatic carbocycles. The van der Waals surface area contributed by atoms with Gasteiger partial charge in [0.05, 0.1) is 13.2 Å². The highest BCUT2D eigenvalue weighted by Crippen LogP contribution is 2.49. The molecule has 0 saturated heterocycles. The van der Waals surface area contributed by atoms with Gasteiger partial charge in [0.15, 0.2) is 0 Å². The SMILES string of the molecule is CCCCOP(=O)(OCCCC)O[SH](=O)=O. The van der Waals surface area contributed by atoms with Crippen LogP contribution in [-0.4, -0.2) is 21.6 Å². The van der Waals surface area contributed by atoms with Crippen LogP contribution in [-0.2, 0) is 28.6 Å². The van der Waals surface area contributed by atoms with Gasteiger partial charge < -0.3 is 0 Å². The van der Waals surface area contributed by atoms with Crippen LogP contribution in [0, 0.1) is 0 Å². The Morgan fingerprint density at radius 3 is 1.75 bits per heavy atom. The number of unbranched alkanes of at least 4 members (excludes halogenated alkanes) is 2. The number of hydrogen-bond donors (Lipinski definition) is 1. The minimum absolute atomic E-state index is 0.156. The van der Waals surface area contributed by atoms with Crippen molar-refractivity contribution in [1.29, 1.82) is 0 Å². The molecule has 0 aromatic rings. The van der Waals surface area contributed by atoms with Crippen LogP contribution in [0.15, 0.2) is 0 Å². The van der Waals surface area contributed by atoms with Gasteiger partial charge in [-0.2, -0.15) is 3.97 Å². The molecule has 0 aliphatic heterocycles. The molecule has 0 N–H and O–H groups in total. The number of phosphoric acid groups is 1. The van der Waals surface area contributed by atoms with Crippen molar-refractivity contribution in [3.8, 4) is 0 Å². The Bertz CT molecular complexity index is 268. The van der Waals surface area contributed by atoms with Crippen molar-refractivity contribution in [3.05, 3.63) is 0 Å². The molecule has 0 rings (SSSR count). The molecule has 0 saturated carbocycles. The third-order valence-electron chi connectivity index (χ3n) is 1.66. The Morgan fingerprint density at radius 2 is 1.44 bits per heavy atom. The molecule has 6 nitrogen and oxygen atoms in total. The van der Waals surface area contributed by atoms with E-state index in [0.29, 0.717) is 12.8 Å². The van der Waals surface area contributed by atoms with E-state index < -0.39 is 18.8 Å². The molecule has 98 valence electrons. The summed E-state index contributed by atoms with van der Waals surface area (Å²) in [6.07, 6.45) is 3.02. The summed E-state index contributed by atoms with van der Waals surface area (Å²) in [4.78, 5) is 0. The predicted octanol–water partition coefficient (Wildman–Crippen LogP) is 2.27. The highest BCUT2D eigenvalue weighted by Gasteiger charge is 2.27. The predicted molar refractivity (Wildman–Crippen MR) is 60.7 cm³/mol. The van der Waals surface area contributed by atoms with Crippen LogP contribution in [0.4, 0.5) is 0 Å². The lowest BCUT2D eigenvalue weighted by molar-refractivity contribution is 0.156. The van der Waals surface area contributed by atoms with E-state index in [0.717, 1.165) is 12.8 Å². The number of thiol groups is 1. The van der Waals surface area contributed by atoms with E-state index in [2.05, 4.69) is 3.97 Å². The normalized spacial score (nSPS) is 12.2. The molecular weight excluding hydrogens is 255 g/mol. The van der Waals surface area contributed by atoms with Crippen LogP contribution < -0.4 is 0 Å². The Hall–Kier alpha value is 0.0600. The smallest absolute Gasteiger partial charge is 0.286 e. The van der Waals surface area contributed by atoms with E-state index in [1.54, 1.807) is 0 Å². The summed E-state index contributed by atoms with van der Waals surface area (Å²) in [6, 6.07) is 0. The molecule has 0 fully saturated rings. The lowest BCUT2D eigenvalue weighted by Gasteiger charge is -2.14. The van der Waals surface area contributed by atoms with Crippen molar-refractivity contribution >= 4 is 18.8 Å². The van der Waals surface area contributed by atoms with Crippen LogP contribution in [0.25, 0.3) is 0 Å². The second kappa shape index (κ2) is 9.13. The van der Waals surface area contributed by atoms with Crippen LogP contribution in [0.3, 0.4) is 0 Å². The lowest BCUT2D eigenvalue weighted by atomic mass is 10.4. The fraction of sp³-hybridized carbons (Fsp3) is 1.00. The van der Waals surface area contributed by atoms with Crippen molar-refractivity contribution < 1.29 is 26.0 Å². The van der Waals surface area contributed by atoms with Crippen molar-refractivity contribution in [3.63, 3.8) is 0 Å². The monoisotopic (exact) mass is 274 g/mol. The largest absolute Gasteiger partial charge is 0.489 e. The van der Waals surface area contributed by atoms with Crippen LogP contribution in [0.5, 0.6) is 0 Å². The first kappa shape index (κ1) is 16.1. The third kappa shape index (κ3) is 8.24. The van der Waals surface area contributed by atoms with E-state index in [1.807, 2.05) is 13.8 Å². The summed E-state index contributed by atoms with van der Waals surface area (Å²) in [6.45, 7) is 4.18. The topological polar surface area (TPSA) is 78.9 Å². The number of hydrogen-bond acceptors (Lipinski definition) is 6. The van der Waals surface area contributed by atoms with E-state index in [-0.39, 0.29) is 13.2 Å². The molecule has 0 aromatic heterocycles. The van der Waals surface area contributed by atoms with Gasteiger partial charge in [-0.05, 0) is 12.8 Å². The van der Waals surface area contributed by atoms with Crippen LogP contribution in [0.2, 0.25) is 0 Å². The van der Waals surface area contributed by atoms with Crippen molar-refractivity contribution in [2.45, 2.75) is 39.5 Å². The van der Waals surface area contributed by atoms with Gasteiger partial charge in [0.1, 0.15) is 0 Å². The Labute approximate surface area is 98.1 Å². The molecule has 0 amide bonds. The van der Waals surface area contributed by atoms with Crippen molar-refractivity contribution in [1.82, 2.24) is 0 Å². The van der Waals surface area contributed by atoms with Gasteiger partial charge >= 0.3 is 7.82 Å². The molecule has 16 heavy (non-hydrogen) atoms. The van der Waals surface area contributed by atoms with Gasteiger partial charge in [0.25, 0.3) is 11.0 Å². The molecule has 8 heteroatoms. The molecule has 0 bridgehead atoms. The lowest BCUT2D eigenvalue weighted by Crippen LogP contribution is -2.02. The summed E-state index contributed by atoms with van der Waals surface area (Å²) in [5.41, 5.74) is 0. The molecule has 0 spiro atoms. The summed E-state index contributed by atoms with van der Waals surface area (Å²) in [5.74, 6) is 0. The average molecular weight is 274 g/mol. The first-order valence-electron chi connectivity index (χ1n) is 5.27. The fourth-order valence-electron chi connectivity index (χ4n) is 0.807. The molecule has 0 radical (unpaired) electrons. The maximum absolute atomic E-state index is 11.7. The van der Waals surface area contributed by atoms with E-state index in [9.17, 15) is 13.0 Å². The van der Waals surface area contributed by atoms with E-state index in [1.165, 1.54) is 0 Å². The van der Waals surface area contributed by atoms with Gasteiger partial charge in [0.2, 0.25) is 0 Å². The van der Waals surface area contributed by atoms with Crippen molar-refractivity contribution in [2.75, 3.05) is 13.2 Å². The number of phosphoric ester groups is 1. The average Bonchev–Trinajstić information content (AvgIpc) is 2.17. The van der Waals surface area contributed by atoms with Crippen molar-refractivity contribution in [2.24, 2.45) is 0 Å². The summed E-state index contributed by atoms with van der Waals surface area (Å²) < 4.78 is 46.4. The third-order valence-corrected chi connectivity index (χ3v) is 3.99. The Kier molecular flexibility index (Phi) is 9.16. The quantitative estimate of drug-likeness (QED) is 0.374. The molecule has 0 unspecified atom stereocenters. The van der Waals surface area contributed by atoms with Crippen LogP contribution >= 0.6 is 7.82 Å². The zero-order chi connectivity index (χ0) is 12.4. The van der Waals surface area contributed by atoms with Gasteiger partial charge in [-0.15, -0.1) is 0 Å². The van der Waals surface area contributed by atoms with Gasteiger partial charge in [0, 0.05) is 0 Å². The molecule has 0 aliphatic carbocycles. The molecule has 0 atom stereocenters. The maximum atomic E-state index is 11.7. The molecule has 0 aliphatic rings. The summed E-state index contributed by atoms with van der Waals surface area (Å²) in [7, 11) is -7.17. The first-order chi connectivity index (χ1) is 7.54.